The predicted octanol–water partition coefficient (Wildman–Crippen LogP) is 4.53. The molecule has 6 nitrogen and oxygen atoms in total. The van der Waals surface area contributed by atoms with Gasteiger partial charge in [-0.3, -0.25) is 4.79 Å². The molecule has 0 spiro atoms. The first-order valence-corrected chi connectivity index (χ1v) is 13.2. The van der Waals surface area contributed by atoms with Crippen molar-refractivity contribution in [3.05, 3.63) is 41.3 Å². The Labute approximate surface area is 202 Å². The monoisotopic (exact) mass is 467 g/mol. The minimum Gasteiger partial charge on any atom is -0.354 e. The Kier molecular flexibility index (Phi) is 6.91. The molecule has 1 aromatic heterocycles. The topological polar surface area (TPSA) is 44.6 Å². The molecule has 1 aliphatic heterocycles. The SMILES string of the molecule is CCN1CCN(c2c(CN(C(=O)C3CCCCC3)C3CC3)c(C)nn2-c2cccc(F)c2)CC1. The first-order chi connectivity index (χ1) is 16.5. The van der Waals surface area contributed by atoms with Crippen LogP contribution in [0.25, 0.3) is 5.69 Å². The molecule has 34 heavy (non-hydrogen) atoms. The van der Waals surface area contributed by atoms with Crippen LogP contribution in [0.3, 0.4) is 0 Å². The first kappa shape index (κ1) is 23.3. The molecule has 2 aliphatic carbocycles. The first-order valence-electron chi connectivity index (χ1n) is 13.2. The largest absolute Gasteiger partial charge is 0.354 e. The lowest BCUT2D eigenvalue weighted by Gasteiger charge is -2.37. The summed E-state index contributed by atoms with van der Waals surface area (Å²) in [6.45, 7) is 9.69. The van der Waals surface area contributed by atoms with Crippen molar-refractivity contribution in [3.63, 3.8) is 0 Å². The van der Waals surface area contributed by atoms with Crippen LogP contribution >= 0.6 is 0 Å². The van der Waals surface area contributed by atoms with Crippen LogP contribution in [-0.2, 0) is 11.3 Å². The molecule has 3 fully saturated rings. The van der Waals surface area contributed by atoms with E-state index in [2.05, 4.69) is 21.6 Å². The Morgan fingerprint density at radius 3 is 2.47 bits per heavy atom. The van der Waals surface area contributed by atoms with Gasteiger partial charge in [0.2, 0.25) is 5.91 Å². The van der Waals surface area contributed by atoms with Gasteiger partial charge in [-0.05, 0) is 57.4 Å². The fraction of sp³-hybridized carbons (Fsp3) is 0.630. The third-order valence-electron chi connectivity index (χ3n) is 7.88. The molecule has 7 heteroatoms. The number of aromatic nitrogens is 2. The van der Waals surface area contributed by atoms with Crippen molar-refractivity contribution in [2.75, 3.05) is 37.6 Å². The molecular weight excluding hydrogens is 429 g/mol. The van der Waals surface area contributed by atoms with Gasteiger partial charge >= 0.3 is 0 Å². The summed E-state index contributed by atoms with van der Waals surface area (Å²) in [4.78, 5) is 20.6. The zero-order valence-electron chi connectivity index (χ0n) is 20.7. The maximum absolute atomic E-state index is 14.2. The van der Waals surface area contributed by atoms with E-state index in [1.807, 2.05) is 17.7 Å². The Morgan fingerprint density at radius 1 is 1.09 bits per heavy atom. The highest BCUT2D eigenvalue weighted by molar-refractivity contribution is 5.80. The lowest BCUT2D eigenvalue weighted by molar-refractivity contribution is -0.137. The molecule has 1 aromatic carbocycles. The van der Waals surface area contributed by atoms with Gasteiger partial charge in [-0.25, -0.2) is 9.07 Å². The summed E-state index contributed by atoms with van der Waals surface area (Å²) in [6, 6.07) is 7.03. The quantitative estimate of drug-likeness (QED) is 0.600. The van der Waals surface area contributed by atoms with Crippen molar-refractivity contribution in [2.24, 2.45) is 5.92 Å². The van der Waals surface area contributed by atoms with E-state index >= 15 is 0 Å². The fourth-order valence-electron chi connectivity index (χ4n) is 5.65. The highest BCUT2D eigenvalue weighted by Gasteiger charge is 2.38. The van der Waals surface area contributed by atoms with E-state index in [-0.39, 0.29) is 11.7 Å². The molecule has 2 aromatic rings. The van der Waals surface area contributed by atoms with Crippen LogP contribution in [0, 0.1) is 18.7 Å². The number of carbonyl (C=O) groups is 1. The molecule has 1 saturated heterocycles. The molecule has 2 heterocycles. The number of likely N-dealkylation sites (N-methyl/N-ethyl adjacent to an activating group) is 1. The lowest BCUT2D eigenvalue weighted by Crippen LogP contribution is -2.47. The van der Waals surface area contributed by atoms with Crippen molar-refractivity contribution in [2.45, 2.75) is 71.4 Å². The van der Waals surface area contributed by atoms with Gasteiger partial charge in [-0.1, -0.05) is 32.3 Å². The van der Waals surface area contributed by atoms with Crippen molar-refractivity contribution >= 4 is 11.7 Å². The Balaban J connectivity index is 1.50. The fourth-order valence-corrected chi connectivity index (χ4v) is 5.65. The normalized spacial score (nSPS) is 20.0. The van der Waals surface area contributed by atoms with Crippen molar-refractivity contribution in [1.29, 1.82) is 0 Å². The summed E-state index contributed by atoms with van der Waals surface area (Å²) in [5.74, 6) is 1.27. The highest BCUT2D eigenvalue weighted by atomic mass is 19.1. The number of hydrogen-bond acceptors (Lipinski definition) is 4. The van der Waals surface area contributed by atoms with Gasteiger partial charge in [0.05, 0.1) is 17.9 Å². The van der Waals surface area contributed by atoms with Crippen LogP contribution < -0.4 is 4.90 Å². The molecule has 2 saturated carbocycles. The van der Waals surface area contributed by atoms with Gasteiger partial charge in [0.1, 0.15) is 11.6 Å². The van der Waals surface area contributed by atoms with Crippen LogP contribution in [0.2, 0.25) is 0 Å². The summed E-state index contributed by atoms with van der Waals surface area (Å²) >= 11 is 0. The second-order valence-corrected chi connectivity index (χ2v) is 10.2. The third-order valence-corrected chi connectivity index (χ3v) is 7.88. The van der Waals surface area contributed by atoms with Crippen LogP contribution in [0.15, 0.2) is 24.3 Å². The molecule has 1 amide bonds. The van der Waals surface area contributed by atoms with Crippen LogP contribution in [0.1, 0.15) is 63.1 Å². The second-order valence-electron chi connectivity index (χ2n) is 10.2. The van der Waals surface area contributed by atoms with Crippen LogP contribution in [-0.4, -0.2) is 64.3 Å². The molecule has 5 rings (SSSR count). The molecule has 0 atom stereocenters. The van der Waals surface area contributed by atoms with E-state index < -0.39 is 0 Å². The minimum absolute atomic E-state index is 0.171. The molecule has 3 aliphatic rings. The van der Waals surface area contributed by atoms with E-state index in [1.54, 1.807) is 12.1 Å². The maximum Gasteiger partial charge on any atom is 0.226 e. The molecule has 0 bridgehead atoms. The number of carbonyl (C=O) groups excluding carboxylic acids is 1. The molecule has 184 valence electrons. The smallest absolute Gasteiger partial charge is 0.226 e. The van der Waals surface area contributed by atoms with Gasteiger partial charge in [0, 0.05) is 43.7 Å². The molecule has 0 unspecified atom stereocenters. The van der Waals surface area contributed by atoms with Gasteiger partial charge in [0.15, 0.2) is 0 Å². The van der Waals surface area contributed by atoms with E-state index in [0.717, 1.165) is 81.2 Å². The number of piperazine rings is 1. The number of halogens is 1. The van der Waals surface area contributed by atoms with E-state index in [0.29, 0.717) is 18.5 Å². The van der Waals surface area contributed by atoms with Gasteiger partial charge < -0.3 is 14.7 Å². The minimum atomic E-state index is -0.263. The Morgan fingerprint density at radius 2 is 1.82 bits per heavy atom. The van der Waals surface area contributed by atoms with Gasteiger partial charge in [-0.15, -0.1) is 0 Å². The van der Waals surface area contributed by atoms with E-state index in [1.165, 1.54) is 25.3 Å². The number of benzene rings is 1. The third kappa shape index (κ3) is 4.85. The summed E-state index contributed by atoms with van der Waals surface area (Å²) in [6.07, 6.45) is 7.82. The number of aryl methyl sites for hydroxylation is 1. The van der Waals surface area contributed by atoms with E-state index in [9.17, 15) is 9.18 Å². The number of anilines is 1. The van der Waals surface area contributed by atoms with Crippen molar-refractivity contribution < 1.29 is 9.18 Å². The number of nitrogens with zero attached hydrogens (tertiary/aromatic N) is 5. The zero-order chi connectivity index (χ0) is 23.7. The van der Waals surface area contributed by atoms with Crippen LogP contribution in [0.4, 0.5) is 10.2 Å². The van der Waals surface area contributed by atoms with Crippen molar-refractivity contribution in [3.8, 4) is 5.69 Å². The van der Waals surface area contributed by atoms with Gasteiger partial charge in [0.25, 0.3) is 0 Å². The summed E-state index contributed by atoms with van der Waals surface area (Å²) in [7, 11) is 0. The average molecular weight is 468 g/mol. The summed E-state index contributed by atoms with van der Waals surface area (Å²) < 4.78 is 16.1. The Bertz CT molecular complexity index is 1000. The zero-order valence-corrected chi connectivity index (χ0v) is 20.7. The average Bonchev–Trinajstić information content (AvgIpc) is 3.66. The highest BCUT2D eigenvalue weighted by Crippen LogP contribution is 2.36. The van der Waals surface area contributed by atoms with Crippen molar-refractivity contribution in [1.82, 2.24) is 19.6 Å². The molecule has 0 N–H and O–H groups in total. The lowest BCUT2D eigenvalue weighted by atomic mass is 9.88. The number of amides is 1. The predicted molar refractivity (Wildman–Crippen MR) is 133 cm³/mol. The molecule has 0 radical (unpaired) electrons. The standard InChI is InChI=1S/C27H38FN5O/c1-3-30-14-16-31(17-15-30)26-25(20(2)29-33(26)24-11-7-10-22(28)18-24)19-32(23-12-13-23)27(34)21-8-5-4-6-9-21/h7,10-11,18,21,23H,3-6,8-9,12-17,19H2,1-2H3. The van der Waals surface area contributed by atoms with Crippen LogP contribution in [0.5, 0.6) is 0 Å². The summed E-state index contributed by atoms with van der Waals surface area (Å²) in [5.41, 5.74) is 2.78. The number of rotatable bonds is 7. The summed E-state index contributed by atoms with van der Waals surface area (Å²) in [5, 5.41) is 4.90. The Hall–Kier alpha value is -2.41. The van der Waals surface area contributed by atoms with E-state index in [4.69, 9.17) is 5.10 Å². The maximum atomic E-state index is 14.2. The number of hydrogen-bond donors (Lipinski definition) is 0. The van der Waals surface area contributed by atoms with Gasteiger partial charge in [-0.2, -0.15) is 5.10 Å². The molecular formula is C27H38FN5O. The second kappa shape index (κ2) is 10.1.